The molecular formula is C19H33NS. The van der Waals surface area contributed by atoms with Crippen molar-refractivity contribution in [3.8, 4) is 0 Å². The van der Waals surface area contributed by atoms with E-state index in [0.29, 0.717) is 6.04 Å². The SMILES string of the molecule is CC(C)N(CCCCCCCCCS)Cc1ccccc1. The van der Waals surface area contributed by atoms with E-state index >= 15 is 0 Å². The topological polar surface area (TPSA) is 3.24 Å². The van der Waals surface area contributed by atoms with E-state index in [2.05, 4.69) is 61.7 Å². The molecule has 0 radical (unpaired) electrons. The third-order valence-corrected chi connectivity index (χ3v) is 4.38. The van der Waals surface area contributed by atoms with Gasteiger partial charge in [-0.25, -0.2) is 0 Å². The Morgan fingerprint density at radius 3 is 2.00 bits per heavy atom. The molecule has 1 nitrogen and oxygen atoms in total. The molecule has 1 aromatic carbocycles. The summed E-state index contributed by atoms with van der Waals surface area (Å²) >= 11 is 4.26. The zero-order valence-electron chi connectivity index (χ0n) is 13.9. The van der Waals surface area contributed by atoms with Crippen LogP contribution < -0.4 is 0 Å². The third-order valence-electron chi connectivity index (χ3n) is 4.06. The molecule has 0 amide bonds. The molecule has 0 saturated carbocycles. The largest absolute Gasteiger partial charge is 0.297 e. The van der Waals surface area contributed by atoms with Gasteiger partial charge < -0.3 is 0 Å². The maximum absolute atomic E-state index is 4.26. The molecule has 0 aliphatic carbocycles. The lowest BCUT2D eigenvalue weighted by molar-refractivity contribution is 0.208. The van der Waals surface area contributed by atoms with Crippen molar-refractivity contribution < 1.29 is 0 Å². The van der Waals surface area contributed by atoms with Gasteiger partial charge in [-0.3, -0.25) is 4.90 Å². The molecule has 0 saturated heterocycles. The predicted octanol–water partition coefficient (Wildman–Crippen LogP) is 5.56. The second-order valence-corrected chi connectivity index (χ2v) is 6.70. The second kappa shape index (κ2) is 12.1. The highest BCUT2D eigenvalue weighted by atomic mass is 32.1. The van der Waals surface area contributed by atoms with Gasteiger partial charge in [0.2, 0.25) is 0 Å². The number of hydrogen-bond donors (Lipinski definition) is 1. The van der Waals surface area contributed by atoms with Crippen LogP contribution in [-0.2, 0) is 6.54 Å². The van der Waals surface area contributed by atoms with Crippen LogP contribution in [0.2, 0.25) is 0 Å². The molecule has 0 unspecified atom stereocenters. The molecule has 1 aromatic rings. The number of hydrogen-bond acceptors (Lipinski definition) is 2. The molecule has 2 heteroatoms. The minimum absolute atomic E-state index is 0.626. The molecule has 0 aliphatic heterocycles. The summed E-state index contributed by atoms with van der Waals surface area (Å²) in [6, 6.07) is 11.5. The summed E-state index contributed by atoms with van der Waals surface area (Å²) < 4.78 is 0. The van der Waals surface area contributed by atoms with Crippen LogP contribution in [0.4, 0.5) is 0 Å². The van der Waals surface area contributed by atoms with Gasteiger partial charge in [-0.15, -0.1) is 0 Å². The van der Waals surface area contributed by atoms with Crippen molar-refractivity contribution in [1.82, 2.24) is 4.90 Å². The third kappa shape index (κ3) is 9.21. The predicted molar refractivity (Wildman–Crippen MR) is 98.2 cm³/mol. The monoisotopic (exact) mass is 307 g/mol. The van der Waals surface area contributed by atoms with Gasteiger partial charge in [-0.05, 0) is 44.6 Å². The van der Waals surface area contributed by atoms with Gasteiger partial charge in [0.15, 0.2) is 0 Å². The molecule has 21 heavy (non-hydrogen) atoms. The summed E-state index contributed by atoms with van der Waals surface area (Å²) in [5.74, 6) is 1.04. The normalized spacial score (nSPS) is 11.5. The quantitative estimate of drug-likeness (QED) is 0.391. The van der Waals surface area contributed by atoms with Crippen LogP contribution in [0.1, 0.15) is 64.4 Å². The summed E-state index contributed by atoms with van der Waals surface area (Å²) in [7, 11) is 0. The zero-order chi connectivity index (χ0) is 15.3. The van der Waals surface area contributed by atoms with E-state index in [1.54, 1.807) is 0 Å². The molecule has 120 valence electrons. The highest BCUT2D eigenvalue weighted by Crippen LogP contribution is 2.12. The van der Waals surface area contributed by atoms with Gasteiger partial charge in [0.1, 0.15) is 0 Å². The Morgan fingerprint density at radius 1 is 0.857 bits per heavy atom. The lowest BCUT2D eigenvalue weighted by Gasteiger charge is -2.26. The van der Waals surface area contributed by atoms with Crippen molar-refractivity contribution in [2.45, 2.75) is 71.4 Å². The maximum Gasteiger partial charge on any atom is 0.0236 e. The lowest BCUT2D eigenvalue weighted by Crippen LogP contribution is -2.31. The van der Waals surface area contributed by atoms with Crippen LogP contribution >= 0.6 is 12.6 Å². The van der Waals surface area contributed by atoms with Crippen molar-refractivity contribution in [2.24, 2.45) is 0 Å². The number of rotatable bonds is 12. The summed E-state index contributed by atoms with van der Waals surface area (Å²) in [6.45, 7) is 6.92. The maximum atomic E-state index is 4.26. The smallest absolute Gasteiger partial charge is 0.0236 e. The van der Waals surface area contributed by atoms with Gasteiger partial charge in [-0.1, -0.05) is 62.4 Å². The van der Waals surface area contributed by atoms with E-state index in [1.807, 2.05) is 0 Å². The Labute approximate surface area is 137 Å². The molecular weight excluding hydrogens is 274 g/mol. The zero-order valence-corrected chi connectivity index (χ0v) is 14.8. The fourth-order valence-electron chi connectivity index (χ4n) is 2.65. The van der Waals surface area contributed by atoms with Gasteiger partial charge in [0.25, 0.3) is 0 Å². The average molecular weight is 308 g/mol. The van der Waals surface area contributed by atoms with E-state index in [1.165, 1.54) is 57.1 Å². The second-order valence-electron chi connectivity index (χ2n) is 6.25. The van der Waals surface area contributed by atoms with Gasteiger partial charge in [0.05, 0.1) is 0 Å². The first-order valence-corrected chi connectivity index (χ1v) is 9.26. The van der Waals surface area contributed by atoms with Gasteiger partial charge >= 0.3 is 0 Å². The fourth-order valence-corrected chi connectivity index (χ4v) is 2.87. The minimum atomic E-state index is 0.626. The molecule has 0 aromatic heterocycles. The minimum Gasteiger partial charge on any atom is -0.297 e. The molecule has 0 atom stereocenters. The van der Waals surface area contributed by atoms with Crippen molar-refractivity contribution in [1.29, 1.82) is 0 Å². The van der Waals surface area contributed by atoms with Crippen molar-refractivity contribution in [3.63, 3.8) is 0 Å². The highest BCUT2D eigenvalue weighted by Gasteiger charge is 2.09. The van der Waals surface area contributed by atoms with E-state index in [0.717, 1.165) is 12.3 Å². The first-order valence-electron chi connectivity index (χ1n) is 8.63. The Morgan fingerprint density at radius 2 is 1.43 bits per heavy atom. The summed E-state index contributed by atoms with van der Waals surface area (Å²) in [4.78, 5) is 2.59. The number of nitrogens with zero attached hydrogens (tertiary/aromatic N) is 1. The van der Waals surface area contributed by atoms with Crippen LogP contribution in [0, 0.1) is 0 Å². The van der Waals surface area contributed by atoms with Crippen molar-refractivity contribution >= 4 is 12.6 Å². The number of benzene rings is 1. The lowest BCUT2D eigenvalue weighted by atomic mass is 10.1. The molecule has 0 fully saturated rings. The van der Waals surface area contributed by atoms with Crippen LogP contribution in [0.3, 0.4) is 0 Å². The summed E-state index contributed by atoms with van der Waals surface area (Å²) in [5.41, 5.74) is 1.43. The Kier molecular flexibility index (Phi) is 10.7. The Bertz CT molecular complexity index is 337. The van der Waals surface area contributed by atoms with Gasteiger partial charge in [0, 0.05) is 12.6 Å². The van der Waals surface area contributed by atoms with Crippen LogP contribution in [-0.4, -0.2) is 23.2 Å². The number of thiol groups is 1. The van der Waals surface area contributed by atoms with E-state index < -0.39 is 0 Å². The van der Waals surface area contributed by atoms with Crippen molar-refractivity contribution in [2.75, 3.05) is 12.3 Å². The molecule has 0 spiro atoms. The van der Waals surface area contributed by atoms with Crippen LogP contribution in [0.5, 0.6) is 0 Å². The first-order chi connectivity index (χ1) is 10.2. The average Bonchev–Trinajstić information content (AvgIpc) is 2.49. The first kappa shape index (κ1) is 18.6. The molecule has 0 bridgehead atoms. The molecule has 0 heterocycles. The van der Waals surface area contributed by atoms with Crippen LogP contribution in [0.15, 0.2) is 30.3 Å². The van der Waals surface area contributed by atoms with Crippen LogP contribution in [0.25, 0.3) is 0 Å². The highest BCUT2D eigenvalue weighted by molar-refractivity contribution is 7.80. The van der Waals surface area contributed by atoms with E-state index in [9.17, 15) is 0 Å². The standard InChI is InChI=1S/C19H33NS/c1-18(2)20(17-19-13-9-8-10-14-19)15-11-6-4-3-5-7-12-16-21/h8-10,13-14,18,21H,3-7,11-12,15-17H2,1-2H3. The van der Waals surface area contributed by atoms with E-state index in [4.69, 9.17) is 0 Å². The Balaban J connectivity index is 2.14. The Hall–Kier alpha value is -0.470. The fraction of sp³-hybridized carbons (Fsp3) is 0.684. The molecule has 0 N–H and O–H groups in total. The molecule has 0 aliphatic rings. The number of unbranched alkanes of at least 4 members (excludes halogenated alkanes) is 6. The molecule has 1 rings (SSSR count). The summed E-state index contributed by atoms with van der Waals surface area (Å²) in [5, 5.41) is 0. The van der Waals surface area contributed by atoms with Gasteiger partial charge in [-0.2, -0.15) is 12.6 Å². The van der Waals surface area contributed by atoms with Crippen molar-refractivity contribution in [3.05, 3.63) is 35.9 Å². The summed E-state index contributed by atoms with van der Waals surface area (Å²) in [6.07, 6.45) is 9.52. The van der Waals surface area contributed by atoms with E-state index in [-0.39, 0.29) is 0 Å².